The van der Waals surface area contributed by atoms with E-state index in [9.17, 15) is 14.7 Å². The van der Waals surface area contributed by atoms with Crippen LogP contribution in [0.5, 0.6) is 0 Å². The van der Waals surface area contributed by atoms with Gasteiger partial charge in [0.05, 0.1) is 18.6 Å². The first kappa shape index (κ1) is 14.1. The third-order valence-electron chi connectivity index (χ3n) is 4.35. The van der Waals surface area contributed by atoms with Gasteiger partial charge in [-0.2, -0.15) is 0 Å². The van der Waals surface area contributed by atoms with E-state index in [1.165, 1.54) is 0 Å². The molecular formula is C16H19NO4. The van der Waals surface area contributed by atoms with Crippen LogP contribution in [-0.2, 0) is 20.7 Å². The van der Waals surface area contributed by atoms with Gasteiger partial charge in [-0.3, -0.25) is 4.79 Å². The fraction of sp³-hybridized carbons (Fsp3) is 0.500. The highest BCUT2D eigenvalue weighted by molar-refractivity contribution is 5.80. The highest BCUT2D eigenvalue weighted by Crippen LogP contribution is 2.40. The van der Waals surface area contributed by atoms with E-state index in [4.69, 9.17) is 4.74 Å². The number of benzene rings is 1. The Bertz CT molecular complexity index is 538. The predicted molar refractivity (Wildman–Crippen MR) is 75.8 cm³/mol. The molecule has 1 aromatic rings. The Balaban J connectivity index is 1.71. The molecule has 1 saturated carbocycles. The Labute approximate surface area is 123 Å². The van der Waals surface area contributed by atoms with Gasteiger partial charge in [-0.15, -0.1) is 0 Å². The van der Waals surface area contributed by atoms with E-state index in [0.717, 1.165) is 24.8 Å². The molecule has 1 unspecified atom stereocenters. The molecule has 1 amide bonds. The zero-order valence-electron chi connectivity index (χ0n) is 11.8. The van der Waals surface area contributed by atoms with Gasteiger partial charge < -0.3 is 14.7 Å². The molecule has 3 rings (SSSR count). The Morgan fingerprint density at radius 2 is 2.00 bits per heavy atom. The first-order valence-corrected chi connectivity index (χ1v) is 7.30. The summed E-state index contributed by atoms with van der Waals surface area (Å²) >= 11 is 0. The fourth-order valence-corrected chi connectivity index (χ4v) is 3.04. The number of carboxylic acids is 1. The monoisotopic (exact) mass is 289 g/mol. The number of carbonyl (C=O) groups excluding carboxylic acids is 1. The van der Waals surface area contributed by atoms with Crippen LogP contribution in [0.1, 0.15) is 24.8 Å². The number of ether oxygens (including phenoxy) is 1. The number of aliphatic carboxylic acids is 1. The molecule has 1 aliphatic carbocycles. The summed E-state index contributed by atoms with van der Waals surface area (Å²) in [6.07, 6.45) is 2.12. The van der Waals surface area contributed by atoms with Crippen molar-refractivity contribution in [2.45, 2.75) is 37.4 Å². The van der Waals surface area contributed by atoms with E-state index in [1.54, 1.807) is 4.90 Å². The average molecular weight is 289 g/mol. The third kappa shape index (κ3) is 2.93. The van der Waals surface area contributed by atoms with Crippen molar-refractivity contribution in [2.75, 3.05) is 13.1 Å². The summed E-state index contributed by atoms with van der Waals surface area (Å²) in [5.74, 6) is -1.01. The molecule has 1 saturated heterocycles. The van der Waals surface area contributed by atoms with Crippen LogP contribution < -0.4 is 0 Å². The van der Waals surface area contributed by atoms with Crippen molar-refractivity contribution in [1.29, 1.82) is 0 Å². The highest BCUT2D eigenvalue weighted by Gasteiger charge is 2.48. The van der Waals surface area contributed by atoms with Gasteiger partial charge in [0, 0.05) is 6.54 Å². The van der Waals surface area contributed by atoms with Gasteiger partial charge in [-0.25, -0.2) is 4.79 Å². The minimum Gasteiger partial charge on any atom is -0.479 e. The average Bonchev–Trinajstić information content (AvgIpc) is 2.46. The summed E-state index contributed by atoms with van der Waals surface area (Å²) in [7, 11) is 0. The van der Waals surface area contributed by atoms with Crippen molar-refractivity contribution in [3.63, 3.8) is 0 Å². The van der Waals surface area contributed by atoms with Crippen LogP contribution in [0.25, 0.3) is 0 Å². The van der Waals surface area contributed by atoms with E-state index in [-0.39, 0.29) is 12.5 Å². The molecule has 1 heterocycles. The van der Waals surface area contributed by atoms with E-state index < -0.39 is 17.7 Å². The summed E-state index contributed by atoms with van der Waals surface area (Å²) in [4.78, 5) is 25.3. The molecule has 1 aromatic carbocycles. The zero-order chi connectivity index (χ0) is 14.9. The number of hydrogen-bond acceptors (Lipinski definition) is 3. The molecule has 0 radical (unpaired) electrons. The molecular weight excluding hydrogens is 270 g/mol. The molecule has 112 valence electrons. The van der Waals surface area contributed by atoms with Crippen molar-refractivity contribution in [3.8, 4) is 0 Å². The molecule has 1 N–H and O–H groups in total. The van der Waals surface area contributed by atoms with Crippen LogP contribution >= 0.6 is 0 Å². The molecule has 0 aromatic heterocycles. The second kappa shape index (κ2) is 5.48. The number of rotatable bonds is 3. The Hall–Kier alpha value is -1.88. The first-order chi connectivity index (χ1) is 10.1. The second-order valence-corrected chi connectivity index (χ2v) is 5.92. The van der Waals surface area contributed by atoms with E-state index in [2.05, 4.69) is 0 Å². The molecule has 21 heavy (non-hydrogen) atoms. The summed E-state index contributed by atoms with van der Waals surface area (Å²) in [5.41, 5.74) is 0.525. The van der Waals surface area contributed by atoms with Gasteiger partial charge in [0.15, 0.2) is 6.10 Å². The van der Waals surface area contributed by atoms with Gasteiger partial charge in [0.2, 0.25) is 5.91 Å². The van der Waals surface area contributed by atoms with Gasteiger partial charge >= 0.3 is 5.97 Å². The molecule has 5 nitrogen and oxygen atoms in total. The summed E-state index contributed by atoms with van der Waals surface area (Å²) in [6, 6.07) is 9.52. The van der Waals surface area contributed by atoms with Crippen LogP contribution in [0.3, 0.4) is 0 Å². The number of morpholine rings is 1. The van der Waals surface area contributed by atoms with Crippen LogP contribution in [0, 0.1) is 0 Å². The standard InChI is InChI=1S/C16H19NO4/c18-14(9-12-5-2-1-3-6-12)17-10-13(15(19)20)21-16(11-17)7-4-8-16/h1-3,5-6,13H,4,7-11H2,(H,19,20). The van der Waals surface area contributed by atoms with Crippen LogP contribution in [0.4, 0.5) is 0 Å². The minimum absolute atomic E-state index is 0.0259. The van der Waals surface area contributed by atoms with Crippen LogP contribution in [-0.4, -0.2) is 46.7 Å². The molecule has 2 fully saturated rings. The largest absolute Gasteiger partial charge is 0.479 e. The maximum atomic E-state index is 12.4. The molecule has 1 spiro atoms. The summed E-state index contributed by atoms with van der Waals surface area (Å²) < 4.78 is 5.71. The van der Waals surface area contributed by atoms with E-state index >= 15 is 0 Å². The van der Waals surface area contributed by atoms with Crippen molar-refractivity contribution >= 4 is 11.9 Å². The quantitative estimate of drug-likeness (QED) is 0.915. The van der Waals surface area contributed by atoms with Crippen molar-refractivity contribution in [1.82, 2.24) is 4.90 Å². The van der Waals surface area contributed by atoms with Gasteiger partial charge in [0.25, 0.3) is 0 Å². The first-order valence-electron chi connectivity index (χ1n) is 7.30. The van der Waals surface area contributed by atoms with Crippen molar-refractivity contribution < 1.29 is 19.4 Å². The lowest BCUT2D eigenvalue weighted by atomic mass is 9.78. The van der Waals surface area contributed by atoms with Gasteiger partial charge in [-0.1, -0.05) is 30.3 Å². The van der Waals surface area contributed by atoms with E-state index in [0.29, 0.717) is 13.0 Å². The Morgan fingerprint density at radius 1 is 1.29 bits per heavy atom. The smallest absolute Gasteiger partial charge is 0.334 e. The van der Waals surface area contributed by atoms with Crippen molar-refractivity contribution in [3.05, 3.63) is 35.9 Å². The predicted octanol–water partition coefficient (Wildman–Crippen LogP) is 1.46. The third-order valence-corrected chi connectivity index (χ3v) is 4.35. The fourth-order valence-electron chi connectivity index (χ4n) is 3.04. The molecule has 5 heteroatoms. The zero-order valence-corrected chi connectivity index (χ0v) is 11.8. The van der Waals surface area contributed by atoms with Crippen LogP contribution in [0.15, 0.2) is 30.3 Å². The lowest BCUT2D eigenvalue weighted by Crippen LogP contribution is -2.62. The maximum Gasteiger partial charge on any atom is 0.334 e. The SMILES string of the molecule is O=C(O)C1CN(C(=O)Cc2ccccc2)CC2(CCC2)O1. The summed E-state index contributed by atoms with van der Waals surface area (Å²) in [6.45, 7) is 0.658. The maximum absolute atomic E-state index is 12.4. The minimum atomic E-state index is -0.988. The van der Waals surface area contributed by atoms with Gasteiger partial charge in [0.1, 0.15) is 0 Å². The number of carboxylic acid groups (broad SMARTS) is 1. The molecule has 1 aliphatic heterocycles. The Morgan fingerprint density at radius 3 is 2.57 bits per heavy atom. The number of hydrogen-bond donors (Lipinski definition) is 1. The topological polar surface area (TPSA) is 66.8 Å². The lowest BCUT2D eigenvalue weighted by Gasteiger charge is -2.50. The lowest BCUT2D eigenvalue weighted by molar-refractivity contribution is -0.206. The van der Waals surface area contributed by atoms with E-state index in [1.807, 2.05) is 30.3 Å². The number of amides is 1. The molecule has 0 bridgehead atoms. The van der Waals surface area contributed by atoms with Crippen molar-refractivity contribution in [2.24, 2.45) is 0 Å². The van der Waals surface area contributed by atoms with Crippen LogP contribution in [0.2, 0.25) is 0 Å². The Kier molecular flexibility index (Phi) is 3.68. The second-order valence-electron chi connectivity index (χ2n) is 5.92. The normalized spacial score (nSPS) is 23.6. The van der Waals surface area contributed by atoms with Gasteiger partial charge in [-0.05, 0) is 24.8 Å². The number of carbonyl (C=O) groups is 2. The number of nitrogens with zero attached hydrogens (tertiary/aromatic N) is 1. The molecule has 1 atom stereocenters. The highest BCUT2D eigenvalue weighted by atomic mass is 16.5. The summed E-state index contributed by atoms with van der Waals surface area (Å²) in [5, 5.41) is 9.22. The molecule has 2 aliphatic rings.